The van der Waals surface area contributed by atoms with Gasteiger partial charge in [0.25, 0.3) is 10.0 Å². The number of benzene rings is 1. The molecule has 0 saturated carbocycles. The number of ether oxygens (including phenoxy) is 1. The van der Waals surface area contributed by atoms with Crippen molar-refractivity contribution >= 4 is 27.3 Å². The molecule has 13 heavy (non-hydrogen) atoms. The van der Waals surface area contributed by atoms with Crippen molar-refractivity contribution in [3.8, 4) is 5.75 Å². The molecule has 1 aliphatic heterocycles. The van der Waals surface area contributed by atoms with Crippen LogP contribution >= 0.6 is 11.6 Å². The van der Waals surface area contributed by atoms with E-state index in [9.17, 15) is 8.42 Å². The molecule has 0 aliphatic carbocycles. The minimum atomic E-state index is -3.34. The molecule has 70 valence electrons. The lowest BCUT2D eigenvalue weighted by Gasteiger charge is -2.18. The molecule has 0 amide bonds. The third kappa shape index (κ3) is 1.71. The fraction of sp³-hybridized carbons (Fsp3) is 0.143. The molecule has 0 spiro atoms. The zero-order valence-corrected chi connectivity index (χ0v) is 8.02. The molecule has 0 atom stereocenters. The average molecular weight is 220 g/mol. The monoisotopic (exact) mass is 219 g/mol. The van der Waals surface area contributed by atoms with Gasteiger partial charge >= 0.3 is 0 Å². The number of nitrogens with one attached hydrogen (secondary N) is 1. The molecule has 0 radical (unpaired) electrons. The Balaban J connectivity index is 2.50. The molecular weight excluding hydrogens is 214 g/mol. The lowest BCUT2D eigenvalue weighted by molar-refractivity contribution is 0.374. The molecule has 0 saturated heterocycles. The predicted molar refractivity (Wildman–Crippen MR) is 49.5 cm³/mol. The van der Waals surface area contributed by atoms with Gasteiger partial charge < -0.3 is 4.74 Å². The summed E-state index contributed by atoms with van der Waals surface area (Å²) in [5.74, 6) is 0.154. The molecule has 1 N–H and O–H groups in total. The molecule has 6 heteroatoms. The van der Waals surface area contributed by atoms with E-state index in [-0.39, 0.29) is 5.94 Å². The van der Waals surface area contributed by atoms with Crippen LogP contribution in [0.3, 0.4) is 0 Å². The number of rotatable bonds is 0. The van der Waals surface area contributed by atoms with Crippen molar-refractivity contribution in [2.24, 2.45) is 0 Å². The Labute approximate surface area is 80.5 Å². The molecule has 0 unspecified atom stereocenters. The first-order valence-electron chi connectivity index (χ1n) is 3.50. The minimum Gasteiger partial charge on any atom is -0.474 e. The molecule has 0 fully saturated rings. The van der Waals surface area contributed by atoms with Crippen LogP contribution in [-0.4, -0.2) is 14.4 Å². The fourth-order valence-electron chi connectivity index (χ4n) is 1.05. The van der Waals surface area contributed by atoms with Gasteiger partial charge in [0, 0.05) is 5.02 Å². The van der Waals surface area contributed by atoms with Crippen molar-refractivity contribution in [3.05, 3.63) is 23.2 Å². The van der Waals surface area contributed by atoms with Crippen molar-refractivity contribution < 1.29 is 13.2 Å². The number of halogens is 1. The van der Waals surface area contributed by atoms with Gasteiger partial charge in [-0.15, -0.1) is 0 Å². The van der Waals surface area contributed by atoms with Gasteiger partial charge in [0.15, 0.2) is 0 Å². The van der Waals surface area contributed by atoms with Crippen molar-refractivity contribution in [3.63, 3.8) is 0 Å². The third-order valence-electron chi connectivity index (χ3n) is 1.58. The van der Waals surface area contributed by atoms with Crippen molar-refractivity contribution in [1.29, 1.82) is 0 Å². The van der Waals surface area contributed by atoms with E-state index in [4.69, 9.17) is 16.3 Å². The second kappa shape index (κ2) is 2.78. The summed E-state index contributed by atoms with van der Waals surface area (Å²) in [5.41, 5.74) is 0.388. The van der Waals surface area contributed by atoms with Crippen molar-refractivity contribution in [1.82, 2.24) is 0 Å². The molecule has 0 aromatic heterocycles. The van der Waals surface area contributed by atoms with E-state index < -0.39 is 10.0 Å². The molecule has 4 nitrogen and oxygen atoms in total. The molecule has 0 bridgehead atoms. The Hall–Kier alpha value is -0.940. The zero-order chi connectivity index (χ0) is 9.47. The highest BCUT2D eigenvalue weighted by atomic mass is 35.5. The van der Waals surface area contributed by atoms with Crippen molar-refractivity contribution in [2.45, 2.75) is 0 Å². The predicted octanol–water partition coefficient (Wildman–Crippen LogP) is 1.43. The van der Waals surface area contributed by atoms with Crippen LogP contribution in [-0.2, 0) is 10.0 Å². The second-order valence-corrected chi connectivity index (χ2v) is 4.73. The molecule has 1 aromatic carbocycles. The Morgan fingerprint density at radius 3 is 3.00 bits per heavy atom. The summed E-state index contributed by atoms with van der Waals surface area (Å²) in [7, 11) is -3.34. The van der Waals surface area contributed by atoms with Crippen LogP contribution in [0.4, 0.5) is 5.69 Å². The maximum absolute atomic E-state index is 11.0. The van der Waals surface area contributed by atoms with Gasteiger partial charge in [-0.05, 0) is 18.2 Å². The Morgan fingerprint density at radius 1 is 1.46 bits per heavy atom. The summed E-state index contributed by atoms with van der Waals surface area (Å²) in [6.07, 6.45) is 0. The van der Waals surface area contributed by atoms with Crippen LogP contribution in [0, 0.1) is 0 Å². The Bertz CT molecular complexity index is 443. The number of sulfonamides is 1. The number of hydrogen-bond acceptors (Lipinski definition) is 3. The molecule has 1 aliphatic rings. The first-order chi connectivity index (χ1) is 6.07. The Kier molecular flexibility index (Phi) is 1.85. The highest BCUT2D eigenvalue weighted by Gasteiger charge is 2.20. The van der Waals surface area contributed by atoms with E-state index in [0.717, 1.165) is 0 Å². The van der Waals surface area contributed by atoms with E-state index in [2.05, 4.69) is 4.72 Å². The topological polar surface area (TPSA) is 55.4 Å². The summed E-state index contributed by atoms with van der Waals surface area (Å²) in [6, 6.07) is 4.77. The van der Waals surface area contributed by atoms with E-state index >= 15 is 0 Å². The van der Waals surface area contributed by atoms with Crippen LogP contribution in [0.1, 0.15) is 0 Å². The number of fused-ring (bicyclic) bond motifs is 1. The molecular formula is C7H6ClNO3S. The van der Waals surface area contributed by atoms with Crippen LogP contribution in [0.5, 0.6) is 5.75 Å². The first kappa shape index (κ1) is 8.65. The highest BCUT2D eigenvalue weighted by molar-refractivity contribution is 7.92. The number of anilines is 1. The first-order valence-corrected chi connectivity index (χ1v) is 5.53. The SMILES string of the molecule is O=S1(=O)COc2ccc(Cl)cc2N1. The second-order valence-electron chi connectivity index (χ2n) is 2.62. The fourth-order valence-corrected chi connectivity index (χ4v) is 2.05. The van der Waals surface area contributed by atoms with E-state index in [1.807, 2.05) is 0 Å². The van der Waals surface area contributed by atoms with E-state index in [1.54, 1.807) is 12.1 Å². The van der Waals surface area contributed by atoms with E-state index in [1.165, 1.54) is 6.07 Å². The van der Waals surface area contributed by atoms with Gasteiger partial charge in [-0.1, -0.05) is 11.6 Å². The smallest absolute Gasteiger partial charge is 0.268 e. The third-order valence-corrected chi connectivity index (χ3v) is 2.77. The van der Waals surface area contributed by atoms with Crippen molar-refractivity contribution in [2.75, 3.05) is 10.7 Å². The normalized spacial score (nSPS) is 18.2. The summed E-state index contributed by atoms with van der Waals surface area (Å²) in [4.78, 5) is 0. The zero-order valence-electron chi connectivity index (χ0n) is 6.45. The summed E-state index contributed by atoms with van der Waals surface area (Å²) in [6.45, 7) is 0. The van der Waals surface area contributed by atoms with Gasteiger partial charge in [0.05, 0.1) is 5.69 Å². The van der Waals surface area contributed by atoms with Gasteiger partial charge in [-0.2, -0.15) is 0 Å². The van der Waals surface area contributed by atoms with Crippen LogP contribution in [0.25, 0.3) is 0 Å². The van der Waals surface area contributed by atoms with Gasteiger partial charge in [-0.25, -0.2) is 8.42 Å². The highest BCUT2D eigenvalue weighted by Crippen LogP contribution is 2.31. The molecule has 2 rings (SSSR count). The lowest BCUT2D eigenvalue weighted by atomic mass is 10.3. The molecule has 1 aromatic rings. The maximum atomic E-state index is 11.0. The largest absolute Gasteiger partial charge is 0.474 e. The summed E-state index contributed by atoms with van der Waals surface area (Å²) in [5, 5.41) is 0.465. The minimum absolute atomic E-state index is 0.346. The van der Waals surface area contributed by atoms with Crippen LogP contribution < -0.4 is 9.46 Å². The van der Waals surface area contributed by atoms with Crippen LogP contribution in [0.2, 0.25) is 5.02 Å². The standard InChI is InChI=1S/C7H6ClNO3S/c8-5-1-2-7-6(3-5)9-13(10,11)4-12-7/h1-3,9H,4H2. The quantitative estimate of drug-likeness (QED) is 0.718. The maximum Gasteiger partial charge on any atom is 0.268 e. The van der Waals surface area contributed by atoms with E-state index in [0.29, 0.717) is 16.5 Å². The summed E-state index contributed by atoms with van der Waals surface area (Å²) < 4.78 is 29.4. The van der Waals surface area contributed by atoms with Gasteiger partial charge in [-0.3, -0.25) is 4.72 Å². The Morgan fingerprint density at radius 2 is 2.23 bits per heavy atom. The molecule has 1 heterocycles. The van der Waals surface area contributed by atoms with Gasteiger partial charge in [0.1, 0.15) is 5.75 Å². The lowest BCUT2D eigenvalue weighted by Crippen LogP contribution is -2.25. The van der Waals surface area contributed by atoms with Crippen LogP contribution in [0.15, 0.2) is 18.2 Å². The average Bonchev–Trinajstić information content (AvgIpc) is 2.01. The van der Waals surface area contributed by atoms with Gasteiger partial charge in [0.2, 0.25) is 5.94 Å². The summed E-state index contributed by atoms with van der Waals surface area (Å²) >= 11 is 5.68. The number of hydrogen-bond donors (Lipinski definition) is 1.